The Morgan fingerprint density at radius 1 is 1.41 bits per heavy atom. The molecule has 3 nitrogen and oxygen atoms in total. The lowest BCUT2D eigenvalue weighted by atomic mass is 10.0. The lowest BCUT2D eigenvalue weighted by Gasteiger charge is -2.34. The van der Waals surface area contributed by atoms with Gasteiger partial charge in [-0.1, -0.05) is 22.0 Å². The number of halogens is 2. The fourth-order valence-electron chi connectivity index (χ4n) is 2.18. The summed E-state index contributed by atoms with van der Waals surface area (Å²) in [6, 6.07) is 4.75. The quantitative estimate of drug-likeness (QED) is 0.889. The van der Waals surface area contributed by atoms with E-state index in [1.54, 1.807) is 6.07 Å². The summed E-state index contributed by atoms with van der Waals surface area (Å²) in [5.74, 6) is -0.267. The highest BCUT2D eigenvalue weighted by Gasteiger charge is 2.23. The van der Waals surface area contributed by atoms with Crippen molar-refractivity contribution in [1.82, 2.24) is 10.2 Å². The summed E-state index contributed by atoms with van der Waals surface area (Å²) in [5.41, 5.74) is 0.567. The summed E-state index contributed by atoms with van der Waals surface area (Å²) in [4.78, 5) is 2.11. The van der Waals surface area contributed by atoms with E-state index >= 15 is 0 Å². The normalized spacial score (nSPS) is 19.2. The average Bonchev–Trinajstić information content (AvgIpc) is 2.34. The van der Waals surface area contributed by atoms with Crippen LogP contribution in [-0.4, -0.2) is 42.8 Å². The molecule has 1 atom stereocenters. The van der Waals surface area contributed by atoms with Gasteiger partial charge in [0.15, 0.2) is 0 Å². The fourth-order valence-corrected chi connectivity index (χ4v) is 2.51. The second kappa shape index (κ2) is 5.91. The zero-order chi connectivity index (χ0) is 12.3. The number of aliphatic hydroxyl groups excluding tert-OH is 1. The van der Waals surface area contributed by atoms with Crippen molar-refractivity contribution in [2.45, 2.75) is 6.04 Å². The van der Waals surface area contributed by atoms with Gasteiger partial charge in [0.05, 0.1) is 12.6 Å². The van der Waals surface area contributed by atoms with Crippen LogP contribution in [0.25, 0.3) is 0 Å². The first-order chi connectivity index (χ1) is 8.22. The summed E-state index contributed by atoms with van der Waals surface area (Å²) >= 11 is 3.24. The van der Waals surface area contributed by atoms with Crippen molar-refractivity contribution in [1.29, 1.82) is 0 Å². The third-order valence-corrected chi connectivity index (χ3v) is 3.58. The highest BCUT2D eigenvalue weighted by atomic mass is 79.9. The van der Waals surface area contributed by atoms with E-state index in [1.165, 1.54) is 6.07 Å². The van der Waals surface area contributed by atoms with Crippen LogP contribution >= 0.6 is 15.9 Å². The molecule has 2 rings (SSSR count). The van der Waals surface area contributed by atoms with Gasteiger partial charge in [-0.25, -0.2) is 4.39 Å². The van der Waals surface area contributed by atoms with Gasteiger partial charge in [-0.2, -0.15) is 0 Å². The zero-order valence-corrected chi connectivity index (χ0v) is 11.1. The minimum atomic E-state index is -0.267. The van der Waals surface area contributed by atoms with Crippen LogP contribution in [0, 0.1) is 5.82 Å². The van der Waals surface area contributed by atoms with E-state index in [4.69, 9.17) is 0 Å². The number of nitrogens with zero attached hydrogens (tertiary/aromatic N) is 1. The molecule has 1 aromatic rings. The SMILES string of the molecule is OCC(c1ccc(Br)cc1F)N1CCNCC1. The van der Waals surface area contributed by atoms with E-state index in [-0.39, 0.29) is 18.5 Å². The van der Waals surface area contributed by atoms with Crippen molar-refractivity contribution < 1.29 is 9.50 Å². The van der Waals surface area contributed by atoms with Crippen LogP contribution in [0.15, 0.2) is 22.7 Å². The molecule has 0 spiro atoms. The fraction of sp³-hybridized carbons (Fsp3) is 0.500. The molecule has 0 saturated carbocycles. The summed E-state index contributed by atoms with van der Waals surface area (Å²) in [6.45, 7) is 3.38. The van der Waals surface area contributed by atoms with Gasteiger partial charge >= 0.3 is 0 Å². The molecule has 0 aromatic heterocycles. The largest absolute Gasteiger partial charge is 0.394 e. The van der Waals surface area contributed by atoms with E-state index in [9.17, 15) is 9.50 Å². The van der Waals surface area contributed by atoms with Crippen LogP contribution in [0.4, 0.5) is 4.39 Å². The monoisotopic (exact) mass is 302 g/mol. The molecule has 17 heavy (non-hydrogen) atoms. The van der Waals surface area contributed by atoms with Gasteiger partial charge in [0.2, 0.25) is 0 Å². The van der Waals surface area contributed by atoms with Crippen molar-refractivity contribution in [2.24, 2.45) is 0 Å². The second-order valence-electron chi connectivity index (χ2n) is 4.15. The van der Waals surface area contributed by atoms with Crippen molar-refractivity contribution in [3.63, 3.8) is 0 Å². The number of hydrogen-bond donors (Lipinski definition) is 2. The molecular formula is C12H16BrFN2O. The summed E-state index contributed by atoms with van der Waals surface area (Å²) < 4.78 is 14.6. The predicted octanol–water partition coefficient (Wildman–Crippen LogP) is 1.53. The highest BCUT2D eigenvalue weighted by molar-refractivity contribution is 9.10. The maximum atomic E-state index is 13.9. The minimum absolute atomic E-state index is 0.0570. The third kappa shape index (κ3) is 3.04. The number of hydrogen-bond acceptors (Lipinski definition) is 3. The Kier molecular flexibility index (Phi) is 4.50. The molecule has 0 amide bonds. The molecule has 5 heteroatoms. The molecular weight excluding hydrogens is 287 g/mol. The van der Waals surface area contributed by atoms with E-state index < -0.39 is 0 Å². The number of nitrogens with one attached hydrogen (secondary N) is 1. The van der Waals surface area contributed by atoms with Gasteiger partial charge in [0.25, 0.3) is 0 Å². The zero-order valence-electron chi connectivity index (χ0n) is 9.50. The molecule has 2 N–H and O–H groups in total. The van der Waals surface area contributed by atoms with Crippen molar-refractivity contribution >= 4 is 15.9 Å². The topological polar surface area (TPSA) is 35.5 Å². The van der Waals surface area contributed by atoms with Gasteiger partial charge in [0.1, 0.15) is 5.82 Å². The van der Waals surface area contributed by atoms with E-state index in [0.717, 1.165) is 30.7 Å². The van der Waals surface area contributed by atoms with Crippen LogP contribution < -0.4 is 5.32 Å². The lowest BCUT2D eigenvalue weighted by Crippen LogP contribution is -2.46. The predicted molar refractivity (Wildman–Crippen MR) is 68.4 cm³/mol. The van der Waals surface area contributed by atoms with Crippen molar-refractivity contribution in [3.05, 3.63) is 34.1 Å². The molecule has 1 unspecified atom stereocenters. The van der Waals surface area contributed by atoms with Crippen LogP contribution in [0.3, 0.4) is 0 Å². The molecule has 0 aliphatic carbocycles. The smallest absolute Gasteiger partial charge is 0.129 e. The number of aliphatic hydroxyl groups is 1. The van der Waals surface area contributed by atoms with E-state index in [2.05, 4.69) is 26.1 Å². The molecule has 1 aliphatic heterocycles. The first-order valence-corrected chi connectivity index (χ1v) is 6.52. The van der Waals surface area contributed by atoms with Crippen LogP contribution in [0.1, 0.15) is 11.6 Å². The Balaban J connectivity index is 2.21. The van der Waals surface area contributed by atoms with Crippen molar-refractivity contribution in [3.8, 4) is 0 Å². The molecule has 1 saturated heterocycles. The molecule has 1 aliphatic rings. The number of benzene rings is 1. The first-order valence-electron chi connectivity index (χ1n) is 5.73. The molecule has 1 fully saturated rings. The molecule has 1 heterocycles. The summed E-state index contributed by atoms with van der Waals surface area (Å²) in [6.07, 6.45) is 0. The van der Waals surface area contributed by atoms with E-state index in [1.807, 2.05) is 6.07 Å². The Morgan fingerprint density at radius 2 is 2.12 bits per heavy atom. The average molecular weight is 303 g/mol. The highest BCUT2D eigenvalue weighted by Crippen LogP contribution is 2.25. The molecule has 1 aromatic carbocycles. The van der Waals surface area contributed by atoms with Gasteiger partial charge in [0, 0.05) is 36.2 Å². The van der Waals surface area contributed by atoms with Crippen LogP contribution in [0.2, 0.25) is 0 Å². The minimum Gasteiger partial charge on any atom is -0.394 e. The van der Waals surface area contributed by atoms with Gasteiger partial charge in [-0.3, -0.25) is 4.90 Å². The molecule has 94 valence electrons. The molecule has 0 radical (unpaired) electrons. The number of rotatable bonds is 3. The summed E-state index contributed by atoms with van der Waals surface area (Å²) in [7, 11) is 0. The number of piperazine rings is 1. The van der Waals surface area contributed by atoms with Gasteiger partial charge in [-0.15, -0.1) is 0 Å². The second-order valence-corrected chi connectivity index (χ2v) is 5.07. The Hall–Kier alpha value is -0.490. The van der Waals surface area contributed by atoms with E-state index in [0.29, 0.717) is 5.56 Å². The van der Waals surface area contributed by atoms with Gasteiger partial charge in [-0.05, 0) is 12.1 Å². The Bertz CT molecular complexity index is 383. The maximum Gasteiger partial charge on any atom is 0.129 e. The third-order valence-electron chi connectivity index (χ3n) is 3.09. The summed E-state index contributed by atoms with van der Waals surface area (Å²) in [5, 5.41) is 12.7. The van der Waals surface area contributed by atoms with Crippen LogP contribution in [-0.2, 0) is 0 Å². The standard InChI is InChI=1S/C12H16BrFN2O/c13-9-1-2-10(11(14)7-9)12(8-17)16-5-3-15-4-6-16/h1-2,7,12,15,17H,3-6,8H2. The first kappa shape index (κ1) is 13.0. The Morgan fingerprint density at radius 3 is 2.71 bits per heavy atom. The van der Waals surface area contributed by atoms with Gasteiger partial charge < -0.3 is 10.4 Å². The Labute approximate surface area is 109 Å². The van der Waals surface area contributed by atoms with Crippen molar-refractivity contribution in [2.75, 3.05) is 32.8 Å². The van der Waals surface area contributed by atoms with Crippen LogP contribution in [0.5, 0.6) is 0 Å². The maximum absolute atomic E-state index is 13.9. The molecule has 0 bridgehead atoms. The lowest BCUT2D eigenvalue weighted by molar-refractivity contribution is 0.108.